The van der Waals surface area contributed by atoms with Crippen molar-refractivity contribution in [3.05, 3.63) is 54.6 Å². The zero-order chi connectivity index (χ0) is 22.4. The number of hydrogen-bond donors (Lipinski definition) is 1. The van der Waals surface area contributed by atoms with Crippen LogP contribution in [-0.2, 0) is 9.59 Å². The average Bonchev–Trinajstić information content (AvgIpc) is 3.26. The van der Waals surface area contributed by atoms with Crippen LogP contribution in [0.3, 0.4) is 0 Å². The van der Waals surface area contributed by atoms with Crippen molar-refractivity contribution >= 4 is 34.5 Å². The topological polar surface area (TPSA) is 82.9 Å². The van der Waals surface area contributed by atoms with E-state index in [4.69, 9.17) is 4.42 Å². The maximum atomic E-state index is 12.9. The smallest absolute Gasteiger partial charge is 0.326 e. The number of carbonyl (C=O) groups excluding carboxylic acids is 3. The van der Waals surface area contributed by atoms with Crippen LogP contribution in [0, 0.1) is 11.8 Å². The minimum atomic E-state index is -0.331. The zero-order valence-electron chi connectivity index (χ0n) is 18.1. The van der Waals surface area contributed by atoms with Gasteiger partial charge in [-0.1, -0.05) is 18.2 Å². The molecule has 0 bridgehead atoms. The first-order valence-electron chi connectivity index (χ1n) is 10.9. The van der Waals surface area contributed by atoms with E-state index in [2.05, 4.69) is 5.32 Å². The van der Waals surface area contributed by atoms with Crippen molar-refractivity contribution in [2.75, 3.05) is 19.4 Å². The van der Waals surface area contributed by atoms with Gasteiger partial charge in [-0.25, -0.2) is 4.79 Å². The second kappa shape index (κ2) is 7.82. The summed E-state index contributed by atoms with van der Waals surface area (Å²) < 4.78 is 5.90. The largest absolute Gasteiger partial charge is 0.456 e. The molecule has 2 heterocycles. The van der Waals surface area contributed by atoms with Crippen molar-refractivity contribution in [3.8, 4) is 11.3 Å². The Bertz CT molecular complexity index is 1170. The fraction of sp³-hybridized carbons (Fsp3) is 0.320. The number of carbonyl (C=O) groups is 3. The highest BCUT2D eigenvalue weighted by Gasteiger charge is 2.47. The second-order valence-corrected chi connectivity index (χ2v) is 8.69. The number of benzene rings is 2. The summed E-state index contributed by atoms with van der Waals surface area (Å²) in [6.07, 6.45) is 1.75. The van der Waals surface area contributed by atoms with E-state index in [0.717, 1.165) is 27.2 Å². The number of furan rings is 1. The molecule has 1 aromatic heterocycles. The van der Waals surface area contributed by atoms with Gasteiger partial charge in [-0.15, -0.1) is 0 Å². The molecule has 3 unspecified atom stereocenters. The lowest BCUT2D eigenvalue weighted by Crippen LogP contribution is -2.61. The van der Waals surface area contributed by atoms with Crippen LogP contribution in [0.15, 0.2) is 59.0 Å². The van der Waals surface area contributed by atoms with Gasteiger partial charge < -0.3 is 14.6 Å². The Morgan fingerprint density at radius 1 is 1.03 bits per heavy atom. The molecule has 1 saturated carbocycles. The molecule has 2 aromatic carbocycles. The van der Waals surface area contributed by atoms with E-state index in [1.165, 1.54) is 7.05 Å². The van der Waals surface area contributed by atoms with Gasteiger partial charge in [0.05, 0.1) is 5.92 Å². The van der Waals surface area contributed by atoms with Crippen LogP contribution in [0.1, 0.15) is 19.3 Å². The number of hydrogen-bond acceptors (Lipinski definition) is 4. The molecule has 4 amide bonds. The number of nitrogens with zero attached hydrogens (tertiary/aromatic N) is 2. The summed E-state index contributed by atoms with van der Waals surface area (Å²) in [4.78, 5) is 40.5. The van der Waals surface area contributed by atoms with E-state index in [1.54, 1.807) is 11.9 Å². The van der Waals surface area contributed by atoms with Gasteiger partial charge in [0.25, 0.3) is 0 Å². The molecule has 7 heteroatoms. The maximum Gasteiger partial charge on any atom is 0.326 e. The third kappa shape index (κ3) is 3.43. The highest BCUT2D eigenvalue weighted by atomic mass is 16.3. The molecule has 5 rings (SSSR count). The predicted molar refractivity (Wildman–Crippen MR) is 121 cm³/mol. The fourth-order valence-electron chi connectivity index (χ4n) is 4.93. The molecular formula is C25H25N3O4. The monoisotopic (exact) mass is 431 g/mol. The van der Waals surface area contributed by atoms with Gasteiger partial charge in [0, 0.05) is 42.7 Å². The summed E-state index contributed by atoms with van der Waals surface area (Å²) in [7, 11) is 3.23. The van der Waals surface area contributed by atoms with Crippen LogP contribution >= 0.6 is 0 Å². The zero-order valence-corrected chi connectivity index (χ0v) is 18.1. The Hall–Kier alpha value is -3.61. The molecule has 2 aliphatic rings. The summed E-state index contributed by atoms with van der Waals surface area (Å²) in [6, 6.07) is 17.0. The van der Waals surface area contributed by atoms with Crippen molar-refractivity contribution < 1.29 is 18.8 Å². The van der Waals surface area contributed by atoms with E-state index < -0.39 is 0 Å². The number of nitrogens with one attached hydrogen (secondary N) is 1. The van der Waals surface area contributed by atoms with Crippen LogP contribution in [-0.4, -0.2) is 47.8 Å². The lowest BCUT2D eigenvalue weighted by Gasteiger charge is -2.45. The molecule has 0 radical (unpaired) electrons. The quantitative estimate of drug-likeness (QED) is 0.668. The summed E-state index contributed by atoms with van der Waals surface area (Å²) in [5, 5.41) is 4.03. The molecule has 3 atom stereocenters. The normalized spacial score (nSPS) is 23.4. The SMILES string of the molecule is CN1C(=O)C2CC(C(=O)Nc3ccc(-c4cc5ccccc5o4)cc3)CCC2N(C)C1=O. The first kappa shape index (κ1) is 20.3. The van der Waals surface area contributed by atoms with Crippen LogP contribution in [0.25, 0.3) is 22.3 Å². The number of anilines is 1. The minimum absolute atomic E-state index is 0.0880. The fourth-order valence-corrected chi connectivity index (χ4v) is 4.93. The van der Waals surface area contributed by atoms with Crippen molar-refractivity contribution in [3.63, 3.8) is 0 Å². The van der Waals surface area contributed by atoms with Gasteiger partial charge in [0.15, 0.2) is 0 Å². The highest BCUT2D eigenvalue weighted by molar-refractivity contribution is 5.99. The van der Waals surface area contributed by atoms with Crippen LogP contribution < -0.4 is 5.32 Å². The minimum Gasteiger partial charge on any atom is -0.456 e. The second-order valence-electron chi connectivity index (χ2n) is 8.69. The predicted octanol–water partition coefficient (Wildman–Crippen LogP) is 4.35. The van der Waals surface area contributed by atoms with Crippen molar-refractivity contribution in [1.29, 1.82) is 0 Å². The Labute approximate surface area is 186 Å². The van der Waals surface area contributed by atoms with Gasteiger partial charge >= 0.3 is 6.03 Å². The Morgan fingerprint density at radius 3 is 2.53 bits per heavy atom. The first-order chi connectivity index (χ1) is 15.4. The highest BCUT2D eigenvalue weighted by Crippen LogP contribution is 2.37. The van der Waals surface area contributed by atoms with Gasteiger partial charge in [0.2, 0.25) is 11.8 Å². The molecular weight excluding hydrogens is 406 g/mol. The number of rotatable bonds is 3. The number of amides is 4. The van der Waals surface area contributed by atoms with E-state index in [-0.39, 0.29) is 35.7 Å². The van der Waals surface area contributed by atoms with Gasteiger partial charge in [-0.2, -0.15) is 0 Å². The number of fused-ring (bicyclic) bond motifs is 2. The number of imide groups is 1. The Morgan fingerprint density at radius 2 is 1.78 bits per heavy atom. The van der Waals surface area contributed by atoms with E-state index in [0.29, 0.717) is 24.9 Å². The first-order valence-corrected chi connectivity index (χ1v) is 10.9. The standard InChI is InChI=1S/C25H25N3O4/c1-27-20-12-9-17(13-19(20)24(30)28(2)25(27)31)23(29)26-18-10-7-15(8-11-18)22-14-16-5-3-4-6-21(16)32-22/h3-8,10-11,14,17,19-20H,9,12-13H2,1-2H3,(H,26,29). The molecule has 1 aliphatic carbocycles. The third-order valence-corrected chi connectivity index (χ3v) is 6.78. The average molecular weight is 431 g/mol. The van der Waals surface area contributed by atoms with E-state index >= 15 is 0 Å². The third-order valence-electron chi connectivity index (χ3n) is 6.78. The Kier molecular flexibility index (Phi) is 4.96. The molecule has 1 aliphatic heterocycles. The summed E-state index contributed by atoms with van der Waals surface area (Å²) in [5.74, 6) is -0.0883. The van der Waals surface area contributed by atoms with Crippen molar-refractivity contribution in [2.45, 2.75) is 25.3 Å². The lowest BCUT2D eigenvalue weighted by molar-refractivity contribution is -0.140. The van der Waals surface area contributed by atoms with Gasteiger partial charge in [0.1, 0.15) is 11.3 Å². The molecule has 1 saturated heterocycles. The van der Waals surface area contributed by atoms with E-state index in [9.17, 15) is 14.4 Å². The van der Waals surface area contributed by atoms with Crippen LogP contribution in [0.5, 0.6) is 0 Å². The molecule has 32 heavy (non-hydrogen) atoms. The number of para-hydroxylation sites is 1. The van der Waals surface area contributed by atoms with E-state index in [1.807, 2.05) is 54.6 Å². The van der Waals surface area contributed by atoms with Crippen LogP contribution in [0.2, 0.25) is 0 Å². The summed E-state index contributed by atoms with van der Waals surface area (Å²) in [5.41, 5.74) is 2.48. The summed E-state index contributed by atoms with van der Waals surface area (Å²) in [6.45, 7) is 0. The van der Waals surface area contributed by atoms with Crippen molar-refractivity contribution in [2.24, 2.45) is 11.8 Å². The van der Waals surface area contributed by atoms with Gasteiger partial charge in [-0.3, -0.25) is 14.5 Å². The summed E-state index contributed by atoms with van der Waals surface area (Å²) >= 11 is 0. The van der Waals surface area contributed by atoms with Crippen molar-refractivity contribution in [1.82, 2.24) is 9.80 Å². The molecule has 1 N–H and O–H groups in total. The molecule has 0 spiro atoms. The van der Waals surface area contributed by atoms with Crippen LogP contribution in [0.4, 0.5) is 10.5 Å². The Balaban J connectivity index is 1.26. The molecule has 3 aromatic rings. The lowest BCUT2D eigenvalue weighted by atomic mass is 9.75. The maximum absolute atomic E-state index is 12.9. The van der Waals surface area contributed by atoms with Gasteiger partial charge in [-0.05, 0) is 55.7 Å². The molecule has 2 fully saturated rings. The number of urea groups is 1. The molecule has 7 nitrogen and oxygen atoms in total. The molecule has 164 valence electrons.